The third kappa shape index (κ3) is 3.99. The van der Waals surface area contributed by atoms with Crippen LogP contribution in [0.1, 0.15) is 38.6 Å². The highest BCUT2D eigenvalue weighted by molar-refractivity contribution is 5.78. The van der Waals surface area contributed by atoms with Crippen LogP contribution in [0.4, 0.5) is 0 Å². The van der Waals surface area contributed by atoms with Gasteiger partial charge in [0.1, 0.15) is 0 Å². The van der Waals surface area contributed by atoms with Crippen LogP contribution in [0.2, 0.25) is 0 Å². The summed E-state index contributed by atoms with van der Waals surface area (Å²) in [7, 11) is 0. The fourth-order valence-electron chi connectivity index (χ4n) is 3.39. The maximum absolute atomic E-state index is 5.68. The normalized spacial score (nSPS) is 12.2. The van der Waals surface area contributed by atoms with E-state index in [1.54, 1.807) is 0 Å². The predicted octanol–water partition coefficient (Wildman–Crippen LogP) is 5.30. The molecule has 0 spiro atoms. The van der Waals surface area contributed by atoms with Crippen molar-refractivity contribution in [2.24, 2.45) is 5.73 Å². The fourth-order valence-corrected chi connectivity index (χ4v) is 3.39. The molecule has 1 aromatic heterocycles. The van der Waals surface area contributed by atoms with Crippen LogP contribution in [-0.2, 0) is 0 Å². The molecule has 0 aliphatic rings. The largest absolute Gasteiger partial charge is 0.330 e. The van der Waals surface area contributed by atoms with Crippen molar-refractivity contribution in [1.29, 1.82) is 0 Å². The molecule has 0 radical (unpaired) electrons. The van der Waals surface area contributed by atoms with Crippen LogP contribution in [0.25, 0.3) is 22.5 Å². The summed E-state index contributed by atoms with van der Waals surface area (Å²) >= 11 is 0. The number of unbranched alkanes of at least 4 members (excludes halogenated alkanes) is 1. The SMILES string of the molecule is CCC(CCCCN)n1cnc(-c2ccccc2)c1-c1ccccc1. The minimum Gasteiger partial charge on any atom is -0.330 e. The molecule has 1 atom stereocenters. The highest BCUT2D eigenvalue weighted by atomic mass is 15.1. The molecule has 0 aliphatic carbocycles. The Balaban J connectivity index is 2.05. The molecule has 3 aromatic rings. The van der Waals surface area contributed by atoms with Crippen molar-refractivity contribution in [2.75, 3.05) is 6.54 Å². The highest BCUT2D eigenvalue weighted by Crippen LogP contribution is 2.35. The van der Waals surface area contributed by atoms with Gasteiger partial charge in [0.15, 0.2) is 0 Å². The average molecular weight is 333 g/mol. The highest BCUT2D eigenvalue weighted by Gasteiger charge is 2.19. The van der Waals surface area contributed by atoms with E-state index in [0.29, 0.717) is 6.04 Å². The first-order chi connectivity index (χ1) is 12.3. The van der Waals surface area contributed by atoms with Gasteiger partial charge in [-0.25, -0.2) is 4.98 Å². The molecule has 3 nitrogen and oxygen atoms in total. The topological polar surface area (TPSA) is 43.8 Å². The summed E-state index contributed by atoms with van der Waals surface area (Å²) in [6.45, 7) is 3.02. The number of hydrogen-bond acceptors (Lipinski definition) is 2. The number of nitrogens with zero attached hydrogens (tertiary/aromatic N) is 2. The summed E-state index contributed by atoms with van der Waals surface area (Å²) in [5.74, 6) is 0. The number of imidazole rings is 1. The lowest BCUT2D eigenvalue weighted by Gasteiger charge is -2.20. The smallest absolute Gasteiger partial charge is 0.0963 e. The zero-order valence-electron chi connectivity index (χ0n) is 14.9. The van der Waals surface area contributed by atoms with Gasteiger partial charge >= 0.3 is 0 Å². The van der Waals surface area contributed by atoms with E-state index in [2.05, 4.69) is 66.1 Å². The first-order valence-corrected chi connectivity index (χ1v) is 9.23. The molecule has 130 valence electrons. The molecular formula is C22H27N3. The van der Waals surface area contributed by atoms with Gasteiger partial charge in [0.25, 0.3) is 0 Å². The molecular weight excluding hydrogens is 306 g/mol. The number of rotatable bonds is 8. The first-order valence-electron chi connectivity index (χ1n) is 9.23. The van der Waals surface area contributed by atoms with Crippen LogP contribution in [0, 0.1) is 0 Å². The Morgan fingerprint density at radius 3 is 2.16 bits per heavy atom. The van der Waals surface area contributed by atoms with E-state index >= 15 is 0 Å². The molecule has 0 amide bonds. The number of hydrogen-bond donors (Lipinski definition) is 1. The molecule has 0 saturated carbocycles. The summed E-state index contributed by atoms with van der Waals surface area (Å²) in [5.41, 5.74) is 10.3. The Hall–Kier alpha value is -2.39. The molecule has 0 aliphatic heterocycles. The monoisotopic (exact) mass is 333 g/mol. The van der Waals surface area contributed by atoms with Crippen molar-refractivity contribution in [3.05, 3.63) is 67.0 Å². The van der Waals surface area contributed by atoms with Gasteiger partial charge in [-0.15, -0.1) is 0 Å². The van der Waals surface area contributed by atoms with E-state index < -0.39 is 0 Å². The number of benzene rings is 2. The van der Waals surface area contributed by atoms with Gasteiger partial charge in [-0.2, -0.15) is 0 Å². The van der Waals surface area contributed by atoms with Crippen LogP contribution in [0.3, 0.4) is 0 Å². The molecule has 0 bridgehead atoms. The second-order valence-corrected chi connectivity index (χ2v) is 6.43. The van der Waals surface area contributed by atoms with Crippen LogP contribution < -0.4 is 5.73 Å². The van der Waals surface area contributed by atoms with Crippen LogP contribution in [0.15, 0.2) is 67.0 Å². The Morgan fingerprint density at radius 2 is 1.56 bits per heavy atom. The molecule has 3 heteroatoms. The van der Waals surface area contributed by atoms with E-state index in [1.165, 1.54) is 11.3 Å². The first kappa shape index (κ1) is 17.4. The number of nitrogens with two attached hydrogens (primary N) is 1. The summed E-state index contributed by atoms with van der Waals surface area (Å²) in [6, 6.07) is 21.5. The summed E-state index contributed by atoms with van der Waals surface area (Å²) in [6.07, 6.45) is 6.48. The van der Waals surface area contributed by atoms with Gasteiger partial charge in [0.2, 0.25) is 0 Å². The Labute approximate surface area is 150 Å². The predicted molar refractivity (Wildman–Crippen MR) is 105 cm³/mol. The minimum absolute atomic E-state index is 0.451. The summed E-state index contributed by atoms with van der Waals surface area (Å²) < 4.78 is 2.37. The maximum Gasteiger partial charge on any atom is 0.0963 e. The van der Waals surface area contributed by atoms with Crippen molar-refractivity contribution < 1.29 is 0 Å². The van der Waals surface area contributed by atoms with Gasteiger partial charge in [-0.1, -0.05) is 74.0 Å². The van der Waals surface area contributed by atoms with E-state index in [1.807, 2.05) is 12.4 Å². The standard InChI is InChI=1S/C22H27N3/c1-2-20(15-9-10-16-23)25-17-24-21(18-11-5-3-6-12-18)22(25)19-13-7-4-8-14-19/h3-8,11-14,17,20H,2,9-10,15-16,23H2,1H3. The Morgan fingerprint density at radius 1 is 0.920 bits per heavy atom. The second kappa shape index (κ2) is 8.63. The van der Waals surface area contributed by atoms with Crippen molar-refractivity contribution in [1.82, 2.24) is 9.55 Å². The minimum atomic E-state index is 0.451. The van der Waals surface area contributed by atoms with Gasteiger partial charge in [-0.05, 0) is 25.8 Å². The molecule has 0 saturated heterocycles. The number of aromatic nitrogens is 2. The molecule has 25 heavy (non-hydrogen) atoms. The molecule has 3 rings (SSSR count). The quantitative estimate of drug-likeness (QED) is 0.569. The lowest BCUT2D eigenvalue weighted by atomic mass is 10.0. The van der Waals surface area contributed by atoms with E-state index in [0.717, 1.165) is 43.5 Å². The van der Waals surface area contributed by atoms with Crippen molar-refractivity contribution in [3.63, 3.8) is 0 Å². The van der Waals surface area contributed by atoms with Crippen LogP contribution in [-0.4, -0.2) is 16.1 Å². The van der Waals surface area contributed by atoms with Crippen molar-refractivity contribution in [2.45, 2.75) is 38.6 Å². The molecule has 1 unspecified atom stereocenters. The second-order valence-electron chi connectivity index (χ2n) is 6.43. The molecule has 2 N–H and O–H groups in total. The zero-order chi connectivity index (χ0) is 17.5. The van der Waals surface area contributed by atoms with Crippen molar-refractivity contribution in [3.8, 4) is 22.5 Å². The van der Waals surface area contributed by atoms with Gasteiger partial charge < -0.3 is 10.3 Å². The van der Waals surface area contributed by atoms with E-state index in [9.17, 15) is 0 Å². The van der Waals surface area contributed by atoms with Gasteiger partial charge in [-0.3, -0.25) is 0 Å². The lowest BCUT2D eigenvalue weighted by molar-refractivity contribution is 0.437. The molecule has 2 aromatic carbocycles. The van der Waals surface area contributed by atoms with Crippen LogP contribution >= 0.6 is 0 Å². The van der Waals surface area contributed by atoms with E-state index in [4.69, 9.17) is 10.7 Å². The summed E-state index contributed by atoms with van der Waals surface area (Å²) in [4.78, 5) is 4.80. The van der Waals surface area contributed by atoms with Gasteiger partial charge in [0, 0.05) is 17.2 Å². The molecule has 1 heterocycles. The Kier molecular flexibility index (Phi) is 6.02. The maximum atomic E-state index is 5.68. The van der Waals surface area contributed by atoms with Crippen LogP contribution in [0.5, 0.6) is 0 Å². The third-order valence-corrected chi connectivity index (χ3v) is 4.74. The third-order valence-electron chi connectivity index (χ3n) is 4.74. The zero-order valence-corrected chi connectivity index (χ0v) is 14.9. The van der Waals surface area contributed by atoms with Crippen molar-refractivity contribution >= 4 is 0 Å². The summed E-state index contributed by atoms with van der Waals surface area (Å²) in [5, 5.41) is 0. The Bertz CT molecular complexity index is 762. The lowest BCUT2D eigenvalue weighted by Crippen LogP contribution is -2.10. The molecule has 0 fully saturated rings. The van der Waals surface area contributed by atoms with Gasteiger partial charge in [0.05, 0.1) is 17.7 Å². The fraction of sp³-hybridized carbons (Fsp3) is 0.318. The average Bonchev–Trinajstić information content (AvgIpc) is 3.11. The van der Waals surface area contributed by atoms with E-state index in [-0.39, 0.29) is 0 Å².